The van der Waals surface area contributed by atoms with Gasteiger partial charge in [0.05, 0.1) is 17.5 Å². The van der Waals surface area contributed by atoms with E-state index in [0.717, 1.165) is 6.07 Å². The lowest BCUT2D eigenvalue weighted by Gasteiger charge is -2.13. The molecule has 0 bridgehead atoms. The summed E-state index contributed by atoms with van der Waals surface area (Å²) in [5.74, 6) is -1.86. The molecule has 0 aliphatic carbocycles. The Labute approximate surface area is 148 Å². The lowest BCUT2D eigenvalue weighted by Crippen LogP contribution is -2.26. The maximum Gasteiger partial charge on any atom is 0.437 e. The molecule has 1 amide bonds. The number of rotatable bonds is 4. The van der Waals surface area contributed by atoms with E-state index >= 15 is 0 Å². The highest BCUT2D eigenvalue weighted by molar-refractivity contribution is 6.30. The smallest absolute Gasteiger partial charge is 0.437 e. The fraction of sp³-hybridized carbons (Fsp3) is 0.133. The molecule has 0 saturated carbocycles. The SMILES string of the molecule is O=C(Cn1nc(-c2ccco2)oc1=O)Nc1ccc(Cl)cc1C(F)(F)F. The number of nitrogens with zero attached hydrogens (tertiary/aromatic N) is 2. The molecule has 3 rings (SSSR count). The molecule has 0 radical (unpaired) electrons. The summed E-state index contributed by atoms with van der Waals surface area (Å²) >= 11 is 5.57. The number of aromatic nitrogens is 2. The van der Waals surface area contributed by atoms with Crippen molar-refractivity contribution >= 4 is 23.2 Å². The highest BCUT2D eigenvalue weighted by Gasteiger charge is 2.34. The van der Waals surface area contributed by atoms with E-state index in [2.05, 4.69) is 10.4 Å². The van der Waals surface area contributed by atoms with Gasteiger partial charge in [0, 0.05) is 5.02 Å². The van der Waals surface area contributed by atoms with Crippen LogP contribution in [0.15, 0.2) is 50.2 Å². The summed E-state index contributed by atoms with van der Waals surface area (Å²) in [6, 6.07) is 5.93. The van der Waals surface area contributed by atoms with Gasteiger partial charge < -0.3 is 14.2 Å². The Kier molecular flexibility index (Phi) is 4.60. The van der Waals surface area contributed by atoms with Crippen molar-refractivity contribution in [2.45, 2.75) is 12.7 Å². The van der Waals surface area contributed by atoms with E-state index in [-0.39, 0.29) is 16.7 Å². The molecule has 1 N–H and O–H groups in total. The van der Waals surface area contributed by atoms with Gasteiger partial charge in [0.2, 0.25) is 5.91 Å². The van der Waals surface area contributed by atoms with Gasteiger partial charge in [0.1, 0.15) is 6.54 Å². The molecule has 26 heavy (non-hydrogen) atoms. The molecule has 136 valence electrons. The molecule has 11 heteroatoms. The van der Waals surface area contributed by atoms with Gasteiger partial charge in [0.15, 0.2) is 5.76 Å². The van der Waals surface area contributed by atoms with E-state index in [1.165, 1.54) is 18.4 Å². The van der Waals surface area contributed by atoms with Gasteiger partial charge in [-0.1, -0.05) is 11.6 Å². The molecule has 1 aromatic carbocycles. The number of alkyl halides is 3. The fourth-order valence-corrected chi connectivity index (χ4v) is 2.26. The minimum Gasteiger partial charge on any atom is -0.459 e. The van der Waals surface area contributed by atoms with Crippen LogP contribution in [0, 0.1) is 0 Å². The molecule has 2 heterocycles. The van der Waals surface area contributed by atoms with Crippen LogP contribution in [0.25, 0.3) is 11.7 Å². The molecule has 0 aliphatic rings. The van der Waals surface area contributed by atoms with E-state index in [1.54, 1.807) is 6.07 Å². The molecule has 0 spiro atoms. The van der Waals surface area contributed by atoms with Gasteiger partial charge in [-0.3, -0.25) is 4.79 Å². The summed E-state index contributed by atoms with van der Waals surface area (Å²) in [6.45, 7) is -0.650. The van der Waals surface area contributed by atoms with Crippen LogP contribution in [0.5, 0.6) is 0 Å². The predicted octanol–water partition coefficient (Wildman–Crippen LogP) is 3.41. The summed E-state index contributed by atoms with van der Waals surface area (Å²) in [5.41, 5.74) is -1.60. The first-order valence-electron chi connectivity index (χ1n) is 7.02. The summed E-state index contributed by atoms with van der Waals surface area (Å²) in [5, 5.41) is 5.71. The minimum absolute atomic E-state index is 0.133. The van der Waals surface area contributed by atoms with Crippen LogP contribution >= 0.6 is 11.6 Å². The van der Waals surface area contributed by atoms with Crippen LogP contribution in [0.3, 0.4) is 0 Å². The van der Waals surface area contributed by atoms with Crippen molar-refractivity contribution in [3.63, 3.8) is 0 Å². The van der Waals surface area contributed by atoms with E-state index in [9.17, 15) is 22.8 Å². The molecular formula is C15H9ClF3N3O4. The standard InChI is InChI=1S/C15H9ClF3N3O4/c16-8-3-4-10(9(6-8)15(17,18)19)20-12(23)7-22-14(24)26-13(21-22)11-2-1-5-25-11/h1-6H,7H2,(H,20,23). The lowest BCUT2D eigenvalue weighted by atomic mass is 10.1. The van der Waals surface area contributed by atoms with Crippen molar-refractivity contribution in [3.05, 3.63) is 57.7 Å². The number of carbonyl (C=O) groups is 1. The fourth-order valence-electron chi connectivity index (χ4n) is 2.09. The molecule has 2 aromatic heterocycles. The van der Waals surface area contributed by atoms with Crippen LogP contribution in [0.1, 0.15) is 5.56 Å². The maximum absolute atomic E-state index is 13.0. The Hall–Kier alpha value is -3.01. The quantitative estimate of drug-likeness (QED) is 0.741. The topological polar surface area (TPSA) is 90.3 Å². The zero-order valence-electron chi connectivity index (χ0n) is 12.7. The van der Waals surface area contributed by atoms with Crippen molar-refractivity contribution in [1.82, 2.24) is 9.78 Å². The molecule has 7 nitrogen and oxygen atoms in total. The highest BCUT2D eigenvalue weighted by Crippen LogP contribution is 2.36. The minimum atomic E-state index is -4.72. The first-order valence-corrected chi connectivity index (χ1v) is 7.40. The number of halogens is 4. The number of nitrogens with one attached hydrogen (secondary N) is 1. The van der Waals surface area contributed by atoms with Gasteiger partial charge in [-0.25, -0.2) is 4.79 Å². The number of carbonyl (C=O) groups excluding carboxylic acids is 1. The van der Waals surface area contributed by atoms with Gasteiger partial charge in [0.25, 0.3) is 5.89 Å². The Balaban J connectivity index is 1.79. The Morgan fingerprint density at radius 2 is 2.08 bits per heavy atom. The molecule has 0 saturated heterocycles. The van der Waals surface area contributed by atoms with Crippen molar-refractivity contribution in [2.75, 3.05) is 5.32 Å². The molecule has 0 atom stereocenters. The zero-order valence-corrected chi connectivity index (χ0v) is 13.5. The largest absolute Gasteiger partial charge is 0.459 e. The van der Waals surface area contributed by atoms with Crippen LogP contribution in [0.4, 0.5) is 18.9 Å². The highest BCUT2D eigenvalue weighted by atomic mass is 35.5. The van der Waals surface area contributed by atoms with Crippen LogP contribution in [-0.4, -0.2) is 15.7 Å². The molecule has 0 fully saturated rings. The van der Waals surface area contributed by atoms with Crippen molar-refractivity contribution in [2.24, 2.45) is 0 Å². The van der Waals surface area contributed by atoms with Crippen molar-refractivity contribution in [1.29, 1.82) is 0 Å². The molecule has 0 unspecified atom stereocenters. The second-order valence-corrected chi connectivity index (χ2v) is 5.48. The Bertz CT molecular complexity index is 992. The lowest BCUT2D eigenvalue weighted by molar-refractivity contribution is -0.137. The van der Waals surface area contributed by atoms with Gasteiger partial charge in [-0.2, -0.15) is 17.9 Å². The zero-order chi connectivity index (χ0) is 18.9. The Morgan fingerprint density at radius 1 is 1.31 bits per heavy atom. The number of benzene rings is 1. The number of hydrogen-bond acceptors (Lipinski definition) is 5. The summed E-state index contributed by atoms with van der Waals surface area (Å²) in [6.07, 6.45) is -3.38. The van der Waals surface area contributed by atoms with Gasteiger partial charge in [-0.15, -0.1) is 5.10 Å². The summed E-state index contributed by atoms with van der Waals surface area (Å²) in [4.78, 5) is 23.7. The first kappa shape index (κ1) is 17.8. The summed E-state index contributed by atoms with van der Waals surface area (Å²) in [7, 11) is 0. The van der Waals surface area contributed by atoms with Crippen LogP contribution in [-0.2, 0) is 17.5 Å². The third-order valence-electron chi connectivity index (χ3n) is 3.19. The number of furan rings is 1. The van der Waals surface area contributed by atoms with E-state index in [0.29, 0.717) is 10.7 Å². The van der Waals surface area contributed by atoms with Crippen LogP contribution in [0.2, 0.25) is 5.02 Å². The third kappa shape index (κ3) is 3.80. The second-order valence-electron chi connectivity index (χ2n) is 5.04. The normalized spacial score (nSPS) is 11.5. The average Bonchev–Trinajstić information content (AvgIpc) is 3.18. The van der Waals surface area contributed by atoms with Crippen molar-refractivity contribution < 1.29 is 26.8 Å². The van der Waals surface area contributed by atoms with E-state index < -0.39 is 35.6 Å². The third-order valence-corrected chi connectivity index (χ3v) is 3.43. The van der Waals surface area contributed by atoms with E-state index in [4.69, 9.17) is 20.4 Å². The average molecular weight is 388 g/mol. The van der Waals surface area contributed by atoms with Gasteiger partial charge >= 0.3 is 11.9 Å². The number of amides is 1. The molecular weight excluding hydrogens is 379 g/mol. The molecule has 3 aromatic rings. The maximum atomic E-state index is 13.0. The Morgan fingerprint density at radius 3 is 2.73 bits per heavy atom. The van der Waals surface area contributed by atoms with E-state index in [1.807, 2.05) is 0 Å². The molecule has 0 aliphatic heterocycles. The predicted molar refractivity (Wildman–Crippen MR) is 83.5 cm³/mol. The van der Waals surface area contributed by atoms with Gasteiger partial charge in [-0.05, 0) is 30.3 Å². The summed E-state index contributed by atoms with van der Waals surface area (Å²) < 4.78 is 49.6. The first-order chi connectivity index (χ1) is 12.2. The van der Waals surface area contributed by atoms with Crippen LogP contribution < -0.4 is 11.1 Å². The monoisotopic (exact) mass is 387 g/mol. The second kappa shape index (κ2) is 6.71. The number of anilines is 1. The number of hydrogen-bond donors (Lipinski definition) is 1. The van der Waals surface area contributed by atoms with Crippen molar-refractivity contribution in [3.8, 4) is 11.7 Å².